The van der Waals surface area contributed by atoms with Gasteiger partial charge in [-0.05, 0) is 31.7 Å². The van der Waals surface area contributed by atoms with Crippen molar-refractivity contribution >= 4 is 5.91 Å². The molecule has 1 aliphatic carbocycles. The van der Waals surface area contributed by atoms with Crippen LogP contribution in [-0.4, -0.2) is 36.5 Å². The number of benzene rings is 1. The van der Waals surface area contributed by atoms with E-state index in [2.05, 4.69) is 34.5 Å². The van der Waals surface area contributed by atoms with Crippen LogP contribution < -0.4 is 5.32 Å². The Morgan fingerprint density at radius 3 is 2.74 bits per heavy atom. The molecule has 1 saturated heterocycles. The minimum atomic E-state index is -0.0317. The van der Waals surface area contributed by atoms with Gasteiger partial charge in [-0.1, -0.05) is 30.3 Å². The van der Waals surface area contributed by atoms with Crippen LogP contribution in [0.1, 0.15) is 25.3 Å². The van der Waals surface area contributed by atoms with Gasteiger partial charge < -0.3 is 10.2 Å². The van der Waals surface area contributed by atoms with Gasteiger partial charge in [0.15, 0.2) is 0 Å². The highest BCUT2D eigenvalue weighted by Crippen LogP contribution is 2.46. The molecule has 1 N–H and O–H groups in total. The summed E-state index contributed by atoms with van der Waals surface area (Å²) >= 11 is 0. The first-order valence-electron chi connectivity index (χ1n) is 7.25. The quantitative estimate of drug-likeness (QED) is 0.897. The number of hydrogen-bond donors (Lipinski definition) is 1. The topological polar surface area (TPSA) is 32.3 Å². The van der Waals surface area contributed by atoms with Crippen molar-refractivity contribution in [2.24, 2.45) is 5.41 Å². The molecule has 3 nitrogen and oxygen atoms in total. The van der Waals surface area contributed by atoms with E-state index in [1.165, 1.54) is 18.4 Å². The van der Waals surface area contributed by atoms with Crippen molar-refractivity contribution in [3.63, 3.8) is 0 Å². The summed E-state index contributed by atoms with van der Waals surface area (Å²) in [6, 6.07) is 10.4. The summed E-state index contributed by atoms with van der Waals surface area (Å²) < 4.78 is 0. The van der Waals surface area contributed by atoms with E-state index in [1.54, 1.807) is 0 Å². The minimum Gasteiger partial charge on any atom is -0.340 e. The molecule has 0 aromatic heterocycles. The highest BCUT2D eigenvalue weighted by molar-refractivity contribution is 5.82. The van der Waals surface area contributed by atoms with Crippen LogP contribution in [0.25, 0.3) is 0 Å². The van der Waals surface area contributed by atoms with Crippen LogP contribution in [0.5, 0.6) is 0 Å². The van der Waals surface area contributed by atoms with Gasteiger partial charge in [-0.2, -0.15) is 0 Å². The Balaban J connectivity index is 1.65. The SMILES string of the molecule is CC1NCC2(CC2)CN(CCc2ccccc2)C1=O. The molecule has 1 heterocycles. The lowest BCUT2D eigenvalue weighted by Gasteiger charge is -2.25. The van der Waals surface area contributed by atoms with E-state index >= 15 is 0 Å². The highest BCUT2D eigenvalue weighted by Gasteiger charge is 2.47. The van der Waals surface area contributed by atoms with Gasteiger partial charge in [-0.25, -0.2) is 0 Å². The van der Waals surface area contributed by atoms with Gasteiger partial charge in [0.05, 0.1) is 6.04 Å². The lowest BCUT2D eigenvalue weighted by molar-refractivity contribution is -0.132. The van der Waals surface area contributed by atoms with E-state index in [4.69, 9.17) is 0 Å². The Labute approximate surface area is 115 Å². The van der Waals surface area contributed by atoms with E-state index in [9.17, 15) is 4.79 Å². The lowest BCUT2D eigenvalue weighted by Crippen LogP contribution is -2.42. The number of hydrogen-bond acceptors (Lipinski definition) is 2. The maximum absolute atomic E-state index is 12.3. The summed E-state index contributed by atoms with van der Waals surface area (Å²) in [6.07, 6.45) is 3.49. The van der Waals surface area contributed by atoms with Crippen LogP contribution in [0.3, 0.4) is 0 Å². The van der Waals surface area contributed by atoms with Crippen molar-refractivity contribution in [1.29, 1.82) is 0 Å². The van der Waals surface area contributed by atoms with Crippen molar-refractivity contribution < 1.29 is 4.79 Å². The fraction of sp³-hybridized carbons (Fsp3) is 0.562. The maximum Gasteiger partial charge on any atom is 0.239 e. The molecular formula is C16H22N2O. The molecule has 0 bridgehead atoms. The molecular weight excluding hydrogens is 236 g/mol. The third-order valence-corrected chi connectivity index (χ3v) is 4.46. The molecule has 2 aliphatic rings. The zero-order valence-electron chi connectivity index (χ0n) is 11.6. The van der Waals surface area contributed by atoms with Crippen LogP contribution in [0.4, 0.5) is 0 Å². The molecule has 19 heavy (non-hydrogen) atoms. The van der Waals surface area contributed by atoms with Gasteiger partial charge >= 0.3 is 0 Å². The van der Waals surface area contributed by atoms with E-state index in [0.717, 1.165) is 26.1 Å². The largest absolute Gasteiger partial charge is 0.340 e. The minimum absolute atomic E-state index is 0.0317. The van der Waals surface area contributed by atoms with Gasteiger partial charge in [-0.15, -0.1) is 0 Å². The number of nitrogens with one attached hydrogen (secondary N) is 1. The summed E-state index contributed by atoms with van der Waals surface area (Å²) in [5.74, 6) is 0.264. The normalized spacial score (nSPS) is 25.4. The summed E-state index contributed by atoms with van der Waals surface area (Å²) in [7, 11) is 0. The van der Waals surface area contributed by atoms with Crippen LogP contribution >= 0.6 is 0 Å². The summed E-state index contributed by atoms with van der Waals surface area (Å²) in [5, 5.41) is 3.38. The Morgan fingerprint density at radius 1 is 1.32 bits per heavy atom. The molecule has 1 atom stereocenters. The zero-order valence-corrected chi connectivity index (χ0v) is 11.6. The second-order valence-electron chi connectivity index (χ2n) is 6.10. The molecule has 1 saturated carbocycles. The van der Waals surface area contributed by atoms with E-state index in [1.807, 2.05) is 13.0 Å². The Kier molecular flexibility index (Phi) is 3.31. The second kappa shape index (κ2) is 4.97. The molecule has 1 unspecified atom stereocenters. The van der Waals surface area contributed by atoms with Crippen LogP contribution in [0.15, 0.2) is 30.3 Å². The molecule has 102 valence electrons. The molecule has 2 fully saturated rings. The van der Waals surface area contributed by atoms with Crippen LogP contribution in [0.2, 0.25) is 0 Å². The van der Waals surface area contributed by atoms with Crippen molar-refractivity contribution in [2.75, 3.05) is 19.6 Å². The predicted octanol–water partition coefficient (Wildman–Crippen LogP) is 1.83. The van der Waals surface area contributed by atoms with E-state index in [-0.39, 0.29) is 11.9 Å². The fourth-order valence-corrected chi connectivity index (χ4v) is 2.88. The third-order valence-electron chi connectivity index (χ3n) is 4.46. The maximum atomic E-state index is 12.3. The third kappa shape index (κ3) is 2.81. The number of nitrogens with zero attached hydrogens (tertiary/aromatic N) is 1. The average Bonchev–Trinajstić information content (AvgIpc) is 3.22. The molecule has 1 aromatic carbocycles. The number of carbonyl (C=O) groups excluding carboxylic acids is 1. The lowest BCUT2D eigenvalue weighted by atomic mass is 10.1. The number of rotatable bonds is 3. The number of carbonyl (C=O) groups is 1. The zero-order chi connectivity index (χ0) is 13.3. The van der Waals surface area contributed by atoms with Gasteiger partial charge in [0.2, 0.25) is 5.91 Å². The molecule has 3 heteroatoms. The highest BCUT2D eigenvalue weighted by atomic mass is 16.2. The van der Waals surface area contributed by atoms with Crippen molar-refractivity contribution in [2.45, 2.75) is 32.2 Å². The van der Waals surface area contributed by atoms with Gasteiger partial charge in [0, 0.05) is 25.0 Å². The molecule has 0 radical (unpaired) electrons. The smallest absolute Gasteiger partial charge is 0.239 e. The fourth-order valence-electron chi connectivity index (χ4n) is 2.88. The first kappa shape index (κ1) is 12.7. The molecule has 1 amide bonds. The Hall–Kier alpha value is -1.35. The average molecular weight is 258 g/mol. The summed E-state index contributed by atoms with van der Waals surface area (Å²) in [6.45, 7) is 4.77. The van der Waals surface area contributed by atoms with Crippen LogP contribution in [0, 0.1) is 5.41 Å². The number of amides is 1. The molecule has 3 rings (SSSR count). The predicted molar refractivity (Wildman–Crippen MR) is 75.9 cm³/mol. The van der Waals surface area contributed by atoms with Crippen molar-refractivity contribution in [1.82, 2.24) is 10.2 Å². The van der Waals surface area contributed by atoms with E-state index < -0.39 is 0 Å². The second-order valence-corrected chi connectivity index (χ2v) is 6.10. The summed E-state index contributed by atoms with van der Waals surface area (Å²) in [5.41, 5.74) is 1.70. The van der Waals surface area contributed by atoms with Gasteiger partial charge in [-0.3, -0.25) is 4.79 Å². The first-order valence-corrected chi connectivity index (χ1v) is 7.25. The summed E-state index contributed by atoms with van der Waals surface area (Å²) in [4.78, 5) is 14.4. The van der Waals surface area contributed by atoms with Gasteiger partial charge in [0.25, 0.3) is 0 Å². The Bertz CT molecular complexity index is 453. The Morgan fingerprint density at radius 2 is 2.05 bits per heavy atom. The van der Waals surface area contributed by atoms with E-state index in [0.29, 0.717) is 5.41 Å². The van der Waals surface area contributed by atoms with Crippen molar-refractivity contribution in [3.8, 4) is 0 Å². The van der Waals surface area contributed by atoms with Crippen LogP contribution in [-0.2, 0) is 11.2 Å². The first-order chi connectivity index (χ1) is 9.19. The standard InChI is InChI=1S/C16H22N2O/c1-13-15(19)18(12-16(8-9-16)11-17-13)10-7-14-5-3-2-4-6-14/h2-6,13,17H,7-12H2,1H3. The monoisotopic (exact) mass is 258 g/mol. The molecule has 1 spiro atoms. The molecule has 1 aliphatic heterocycles. The van der Waals surface area contributed by atoms with Crippen molar-refractivity contribution in [3.05, 3.63) is 35.9 Å². The van der Waals surface area contributed by atoms with Gasteiger partial charge in [0.1, 0.15) is 0 Å². The molecule has 1 aromatic rings.